The summed E-state index contributed by atoms with van der Waals surface area (Å²) in [6.45, 7) is 3.01. The van der Waals surface area contributed by atoms with Crippen LogP contribution < -0.4 is 10.3 Å². The molecule has 0 saturated carbocycles. The molecule has 0 radical (unpaired) electrons. The van der Waals surface area contributed by atoms with E-state index in [1.807, 2.05) is 18.2 Å². The van der Waals surface area contributed by atoms with Crippen LogP contribution in [0.15, 0.2) is 35.3 Å². The molecule has 0 fully saturated rings. The number of aliphatic hydroxyl groups excluding tert-OH is 1. The van der Waals surface area contributed by atoms with Crippen molar-refractivity contribution in [3.8, 4) is 5.75 Å². The first-order chi connectivity index (χ1) is 8.76. The van der Waals surface area contributed by atoms with E-state index < -0.39 is 0 Å². The van der Waals surface area contributed by atoms with Crippen LogP contribution in [0.5, 0.6) is 5.75 Å². The van der Waals surface area contributed by atoms with Gasteiger partial charge in [-0.1, -0.05) is 6.92 Å². The van der Waals surface area contributed by atoms with E-state index in [1.165, 1.54) is 4.57 Å². The summed E-state index contributed by atoms with van der Waals surface area (Å²) < 4.78 is 7.04. The quantitative estimate of drug-likeness (QED) is 0.876. The molecule has 0 saturated heterocycles. The molecule has 1 aromatic heterocycles. The highest BCUT2D eigenvalue weighted by atomic mass is 16.5. The van der Waals surface area contributed by atoms with Crippen LogP contribution in [-0.2, 0) is 6.54 Å². The molecular weight excluding hydrogens is 230 g/mol. The molecule has 0 aliphatic heterocycles. The number of nitrogens with zero attached hydrogens (tertiary/aromatic N) is 1. The van der Waals surface area contributed by atoms with Crippen LogP contribution in [0.1, 0.15) is 13.3 Å². The Morgan fingerprint density at radius 3 is 2.89 bits per heavy atom. The summed E-state index contributed by atoms with van der Waals surface area (Å²) in [5.74, 6) is 0.781. The highest BCUT2D eigenvalue weighted by Gasteiger charge is 2.03. The third-order valence-electron chi connectivity index (χ3n) is 2.76. The maximum absolute atomic E-state index is 12.1. The van der Waals surface area contributed by atoms with Crippen LogP contribution in [0.2, 0.25) is 0 Å². The number of aliphatic hydroxyl groups is 1. The molecular formula is C14H17NO3. The number of benzene rings is 1. The standard InChI is InChI=1S/C14H17NO3/c1-2-9-18-12-3-4-13-11(10-12)5-6-15(7-8-16)14(13)17/h3-6,10,16H,2,7-9H2,1H3. The van der Waals surface area contributed by atoms with Gasteiger partial charge in [-0.25, -0.2) is 0 Å². The van der Waals surface area contributed by atoms with Crippen molar-refractivity contribution >= 4 is 10.8 Å². The van der Waals surface area contributed by atoms with Crippen LogP contribution in [0.4, 0.5) is 0 Å². The minimum Gasteiger partial charge on any atom is -0.494 e. The van der Waals surface area contributed by atoms with Crippen LogP contribution in [0.3, 0.4) is 0 Å². The summed E-state index contributed by atoms with van der Waals surface area (Å²) in [5, 5.41) is 10.4. The predicted molar refractivity (Wildman–Crippen MR) is 71.1 cm³/mol. The number of fused-ring (bicyclic) bond motifs is 1. The smallest absolute Gasteiger partial charge is 0.258 e. The van der Waals surface area contributed by atoms with Gasteiger partial charge in [0, 0.05) is 18.1 Å². The zero-order valence-corrected chi connectivity index (χ0v) is 10.4. The van der Waals surface area contributed by atoms with Crippen molar-refractivity contribution < 1.29 is 9.84 Å². The topological polar surface area (TPSA) is 51.5 Å². The van der Waals surface area contributed by atoms with Crippen molar-refractivity contribution in [2.75, 3.05) is 13.2 Å². The molecule has 4 heteroatoms. The van der Waals surface area contributed by atoms with Gasteiger partial charge in [0.15, 0.2) is 0 Å². The fourth-order valence-electron chi connectivity index (χ4n) is 1.86. The van der Waals surface area contributed by atoms with E-state index in [4.69, 9.17) is 9.84 Å². The fourth-order valence-corrected chi connectivity index (χ4v) is 1.86. The van der Waals surface area contributed by atoms with Crippen molar-refractivity contribution in [2.45, 2.75) is 19.9 Å². The number of rotatable bonds is 5. The maximum Gasteiger partial charge on any atom is 0.258 e. The van der Waals surface area contributed by atoms with Crippen molar-refractivity contribution in [1.82, 2.24) is 4.57 Å². The predicted octanol–water partition coefficient (Wildman–Crippen LogP) is 1.78. The van der Waals surface area contributed by atoms with Gasteiger partial charge in [0.1, 0.15) is 5.75 Å². The number of aromatic nitrogens is 1. The van der Waals surface area contributed by atoms with Crippen molar-refractivity contribution in [2.24, 2.45) is 0 Å². The van der Waals surface area contributed by atoms with E-state index in [9.17, 15) is 4.79 Å². The average Bonchev–Trinajstić information content (AvgIpc) is 2.40. The lowest BCUT2D eigenvalue weighted by Crippen LogP contribution is -2.20. The average molecular weight is 247 g/mol. The summed E-state index contributed by atoms with van der Waals surface area (Å²) in [7, 11) is 0. The SMILES string of the molecule is CCCOc1ccc2c(=O)n(CCO)ccc2c1. The third-order valence-corrected chi connectivity index (χ3v) is 2.76. The van der Waals surface area contributed by atoms with Gasteiger partial charge in [-0.05, 0) is 36.1 Å². The number of ether oxygens (including phenoxy) is 1. The highest BCUT2D eigenvalue weighted by Crippen LogP contribution is 2.18. The molecule has 1 heterocycles. The molecule has 0 bridgehead atoms. The number of pyridine rings is 1. The molecule has 18 heavy (non-hydrogen) atoms. The van der Waals surface area contributed by atoms with Gasteiger partial charge in [-0.2, -0.15) is 0 Å². The highest BCUT2D eigenvalue weighted by molar-refractivity contribution is 5.82. The van der Waals surface area contributed by atoms with Crippen LogP contribution >= 0.6 is 0 Å². The minimum absolute atomic E-state index is 0.0386. The zero-order valence-electron chi connectivity index (χ0n) is 10.4. The Balaban J connectivity index is 2.41. The van der Waals surface area contributed by atoms with E-state index >= 15 is 0 Å². The Bertz CT molecular complexity index is 589. The molecule has 0 amide bonds. The van der Waals surface area contributed by atoms with E-state index in [-0.39, 0.29) is 12.2 Å². The summed E-state index contributed by atoms with van der Waals surface area (Å²) in [5.41, 5.74) is -0.0800. The first-order valence-electron chi connectivity index (χ1n) is 6.13. The molecule has 2 rings (SSSR count). The number of hydrogen-bond acceptors (Lipinski definition) is 3. The summed E-state index contributed by atoms with van der Waals surface area (Å²) in [4.78, 5) is 12.1. The van der Waals surface area contributed by atoms with Crippen molar-refractivity contribution in [3.63, 3.8) is 0 Å². The molecule has 1 N–H and O–H groups in total. The van der Waals surface area contributed by atoms with E-state index in [1.54, 1.807) is 12.3 Å². The maximum atomic E-state index is 12.1. The molecule has 96 valence electrons. The lowest BCUT2D eigenvalue weighted by molar-refractivity contribution is 0.274. The Kier molecular flexibility index (Phi) is 3.99. The van der Waals surface area contributed by atoms with Gasteiger partial charge in [0.2, 0.25) is 0 Å². The number of hydrogen-bond donors (Lipinski definition) is 1. The summed E-state index contributed by atoms with van der Waals surface area (Å²) in [6.07, 6.45) is 2.65. The van der Waals surface area contributed by atoms with E-state index in [0.717, 1.165) is 17.6 Å². The molecule has 2 aromatic rings. The second kappa shape index (κ2) is 5.69. The largest absolute Gasteiger partial charge is 0.494 e. The van der Waals surface area contributed by atoms with Crippen LogP contribution in [0, 0.1) is 0 Å². The van der Waals surface area contributed by atoms with Gasteiger partial charge in [-0.15, -0.1) is 0 Å². The molecule has 0 atom stereocenters. The summed E-state index contributed by atoms with van der Waals surface area (Å²) >= 11 is 0. The Morgan fingerprint density at radius 2 is 2.17 bits per heavy atom. The van der Waals surface area contributed by atoms with Gasteiger partial charge >= 0.3 is 0 Å². The Labute approximate surface area is 105 Å². The van der Waals surface area contributed by atoms with Crippen LogP contribution in [-0.4, -0.2) is 22.9 Å². The van der Waals surface area contributed by atoms with Gasteiger partial charge < -0.3 is 14.4 Å². The van der Waals surface area contributed by atoms with Gasteiger partial charge in [-0.3, -0.25) is 4.79 Å². The lowest BCUT2D eigenvalue weighted by Gasteiger charge is -2.08. The molecule has 4 nitrogen and oxygen atoms in total. The molecule has 0 aliphatic rings. The Hall–Kier alpha value is -1.81. The zero-order chi connectivity index (χ0) is 13.0. The Morgan fingerprint density at radius 1 is 1.33 bits per heavy atom. The normalized spacial score (nSPS) is 10.8. The fraction of sp³-hybridized carbons (Fsp3) is 0.357. The second-order valence-electron chi connectivity index (χ2n) is 4.14. The van der Waals surface area contributed by atoms with Crippen LogP contribution in [0.25, 0.3) is 10.8 Å². The lowest BCUT2D eigenvalue weighted by atomic mass is 10.1. The van der Waals surface area contributed by atoms with Crippen molar-refractivity contribution in [1.29, 1.82) is 0 Å². The molecule has 0 aliphatic carbocycles. The molecule has 0 unspecified atom stereocenters. The van der Waals surface area contributed by atoms with E-state index in [2.05, 4.69) is 6.92 Å². The molecule has 1 aromatic carbocycles. The minimum atomic E-state index is -0.0800. The van der Waals surface area contributed by atoms with E-state index in [0.29, 0.717) is 18.5 Å². The van der Waals surface area contributed by atoms with Gasteiger partial charge in [0.05, 0.1) is 13.2 Å². The summed E-state index contributed by atoms with van der Waals surface area (Å²) in [6, 6.07) is 7.32. The second-order valence-corrected chi connectivity index (χ2v) is 4.14. The molecule has 0 spiro atoms. The first kappa shape index (κ1) is 12.6. The van der Waals surface area contributed by atoms with Gasteiger partial charge in [0.25, 0.3) is 5.56 Å². The third kappa shape index (κ3) is 2.54. The first-order valence-corrected chi connectivity index (χ1v) is 6.13. The van der Waals surface area contributed by atoms with Crippen molar-refractivity contribution in [3.05, 3.63) is 40.8 Å². The monoisotopic (exact) mass is 247 g/mol.